The van der Waals surface area contributed by atoms with Crippen molar-refractivity contribution in [1.29, 1.82) is 0 Å². The fourth-order valence-electron chi connectivity index (χ4n) is 2.86. The highest BCUT2D eigenvalue weighted by molar-refractivity contribution is 5.67. The van der Waals surface area contributed by atoms with Gasteiger partial charge in [-0.05, 0) is 25.3 Å². The van der Waals surface area contributed by atoms with Gasteiger partial charge in [0.1, 0.15) is 11.8 Å². The third kappa shape index (κ3) is 1.22. The summed E-state index contributed by atoms with van der Waals surface area (Å²) in [6.07, 6.45) is 2.76. The van der Waals surface area contributed by atoms with Crippen molar-refractivity contribution < 1.29 is 5.11 Å². The fourth-order valence-corrected chi connectivity index (χ4v) is 2.86. The lowest BCUT2D eigenvalue weighted by atomic mass is 9.89. The van der Waals surface area contributed by atoms with Gasteiger partial charge in [-0.25, -0.2) is 0 Å². The Labute approximate surface area is 93.9 Å². The van der Waals surface area contributed by atoms with Gasteiger partial charge in [0, 0.05) is 29.9 Å². The molecule has 0 aromatic heterocycles. The van der Waals surface area contributed by atoms with Crippen LogP contribution in [0, 0.1) is 4.91 Å². The summed E-state index contributed by atoms with van der Waals surface area (Å²) in [5.74, 6) is 0.356. The van der Waals surface area contributed by atoms with E-state index in [9.17, 15) is 10.0 Å². The number of phenols is 1. The maximum absolute atomic E-state index is 10.8. The Kier molecular flexibility index (Phi) is 2.09. The van der Waals surface area contributed by atoms with E-state index >= 15 is 0 Å². The SMILES string of the molecule is O=NC1CCN2CCCc3c(O)ccc1c32. The van der Waals surface area contributed by atoms with Crippen molar-refractivity contribution in [3.05, 3.63) is 28.2 Å². The highest BCUT2D eigenvalue weighted by Gasteiger charge is 2.31. The number of aromatic hydroxyl groups is 1. The Morgan fingerprint density at radius 3 is 3.06 bits per heavy atom. The number of nitroso groups, excluding NO2 is 1. The van der Waals surface area contributed by atoms with Crippen LogP contribution in [-0.4, -0.2) is 18.2 Å². The van der Waals surface area contributed by atoms with Crippen molar-refractivity contribution in [2.45, 2.75) is 25.3 Å². The maximum Gasteiger partial charge on any atom is 0.121 e. The van der Waals surface area contributed by atoms with Gasteiger partial charge in [0.25, 0.3) is 0 Å². The zero-order chi connectivity index (χ0) is 11.1. The monoisotopic (exact) mass is 218 g/mol. The summed E-state index contributed by atoms with van der Waals surface area (Å²) in [5, 5.41) is 13.0. The molecule has 0 fully saturated rings. The van der Waals surface area contributed by atoms with Crippen molar-refractivity contribution in [2.24, 2.45) is 5.18 Å². The van der Waals surface area contributed by atoms with Crippen LogP contribution in [0.15, 0.2) is 17.3 Å². The molecule has 1 aromatic rings. The molecule has 0 spiro atoms. The highest BCUT2D eigenvalue weighted by Crippen LogP contribution is 2.44. The van der Waals surface area contributed by atoms with Crippen LogP contribution in [0.25, 0.3) is 0 Å². The Morgan fingerprint density at radius 1 is 1.38 bits per heavy atom. The molecule has 2 aliphatic rings. The zero-order valence-corrected chi connectivity index (χ0v) is 9.02. The fraction of sp³-hybridized carbons (Fsp3) is 0.500. The van der Waals surface area contributed by atoms with Gasteiger partial charge < -0.3 is 10.0 Å². The number of nitrogens with zero attached hydrogens (tertiary/aromatic N) is 2. The lowest BCUT2D eigenvalue weighted by Gasteiger charge is -2.38. The summed E-state index contributed by atoms with van der Waals surface area (Å²) in [6, 6.07) is 3.31. The number of hydrogen-bond donors (Lipinski definition) is 1. The van der Waals surface area contributed by atoms with Gasteiger partial charge in [0.05, 0.1) is 0 Å². The van der Waals surface area contributed by atoms with E-state index in [0.717, 1.165) is 49.2 Å². The van der Waals surface area contributed by atoms with Crippen molar-refractivity contribution >= 4 is 5.69 Å². The van der Waals surface area contributed by atoms with Gasteiger partial charge in [-0.3, -0.25) is 0 Å². The number of anilines is 1. The molecule has 4 nitrogen and oxygen atoms in total. The molecule has 3 rings (SSSR count). The summed E-state index contributed by atoms with van der Waals surface area (Å²) >= 11 is 0. The molecule has 1 atom stereocenters. The minimum Gasteiger partial charge on any atom is -0.508 e. The van der Waals surface area contributed by atoms with Crippen molar-refractivity contribution in [2.75, 3.05) is 18.0 Å². The van der Waals surface area contributed by atoms with E-state index in [1.165, 1.54) is 0 Å². The van der Waals surface area contributed by atoms with Gasteiger partial charge in [0.2, 0.25) is 0 Å². The van der Waals surface area contributed by atoms with Crippen LogP contribution in [0.2, 0.25) is 0 Å². The molecule has 16 heavy (non-hydrogen) atoms. The normalized spacial score (nSPS) is 22.8. The second-order valence-corrected chi connectivity index (χ2v) is 4.50. The second kappa shape index (κ2) is 3.47. The molecule has 0 aliphatic carbocycles. The first kappa shape index (κ1) is 9.63. The molecule has 0 amide bonds. The first-order valence-corrected chi connectivity index (χ1v) is 5.73. The van der Waals surface area contributed by atoms with Gasteiger partial charge in [-0.1, -0.05) is 11.2 Å². The van der Waals surface area contributed by atoms with E-state index in [4.69, 9.17) is 0 Å². The molecule has 1 aromatic carbocycles. The molecule has 84 valence electrons. The van der Waals surface area contributed by atoms with Crippen molar-refractivity contribution in [3.8, 4) is 5.75 Å². The van der Waals surface area contributed by atoms with Crippen LogP contribution in [0.1, 0.15) is 30.0 Å². The smallest absolute Gasteiger partial charge is 0.121 e. The first-order chi connectivity index (χ1) is 7.81. The van der Waals surface area contributed by atoms with E-state index < -0.39 is 0 Å². The average Bonchev–Trinajstić information content (AvgIpc) is 2.34. The molecule has 0 bridgehead atoms. The summed E-state index contributed by atoms with van der Waals surface area (Å²) in [5.41, 5.74) is 3.06. The summed E-state index contributed by atoms with van der Waals surface area (Å²) in [7, 11) is 0. The Balaban J connectivity index is 2.21. The Hall–Kier alpha value is -1.58. The van der Waals surface area contributed by atoms with Crippen LogP contribution in [-0.2, 0) is 6.42 Å². The van der Waals surface area contributed by atoms with Crippen LogP contribution in [0.4, 0.5) is 5.69 Å². The molecule has 0 saturated heterocycles. The predicted octanol–water partition coefficient (Wildman–Crippen LogP) is 2.36. The van der Waals surface area contributed by atoms with E-state index in [-0.39, 0.29) is 6.04 Å². The molecule has 2 aliphatic heterocycles. The molecule has 2 heterocycles. The summed E-state index contributed by atoms with van der Waals surface area (Å²) < 4.78 is 0. The minimum absolute atomic E-state index is 0.233. The van der Waals surface area contributed by atoms with Gasteiger partial charge in [-0.2, -0.15) is 4.91 Å². The third-order valence-electron chi connectivity index (χ3n) is 3.62. The van der Waals surface area contributed by atoms with E-state index in [2.05, 4.69) is 10.1 Å². The standard InChI is InChI=1S/C12H14N2O2/c15-11-4-3-8-10(13-16)5-7-14-6-1-2-9(11)12(8)14/h3-4,10,15H,1-2,5-7H2. The quantitative estimate of drug-likeness (QED) is 0.736. The number of benzene rings is 1. The van der Waals surface area contributed by atoms with Gasteiger partial charge in [-0.15, -0.1) is 0 Å². The first-order valence-electron chi connectivity index (χ1n) is 5.73. The Bertz CT molecular complexity index is 445. The average molecular weight is 218 g/mol. The van der Waals surface area contributed by atoms with Crippen LogP contribution in [0.3, 0.4) is 0 Å². The minimum atomic E-state index is -0.233. The van der Waals surface area contributed by atoms with Gasteiger partial charge in [0.15, 0.2) is 0 Å². The lowest BCUT2D eigenvalue weighted by Crippen LogP contribution is -2.35. The van der Waals surface area contributed by atoms with Crippen LogP contribution in [0.5, 0.6) is 5.75 Å². The molecule has 0 saturated carbocycles. The van der Waals surface area contributed by atoms with Crippen molar-refractivity contribution in [3.63, 3.8) is 0 Å². The largest absolute Gasteiger partial charge is 0.508 e. The van der Waals surface area contributed by atoms with Crippen LogP contribution < -0.4 is 4.90 Å². The number of rotatable bonds is 1. The van der Waals surface area contributed by atoms with Gasteiger partial charge >= 0.3 is 0 Å². The molecular weight excluding hydrogens is 204 g/mol. The van der Waals surface area contributed by atoms with Crippen molar-refractivity contribution in [1.82, 2.24) is 0 Å². The van der Waals surface area contributed by atoms with E-state index in [1.807, 2.05) is 6.07 Å². The Morgan fingerprint density at radius 2 is 2.25 bits per heavy atom. The van der Waals surface area contributed by atoms with E-state index in [1.54, 1.807) is 6.07 Å². The molecule has 1 unspecified atom stereocenters. The molecular formula is C12H14N2O2. The summed E-state index contributed by atoms with van der Waals surface area (Å²) in [4.78, 5) is 13.1. The lowest BCUT2D eigenvalue weighted by molar-refractivity contribution is 0.460. The van der Waals surface area contributed by atoms with E-state index in [0.29, 0.717) is 5.75 Å². The topological polar surface area (TPSA) is 52.9 Å². The van der Waals surface area contributed by atoms with Crippen LogP contribution >= 0.6 is 0 Å². The second-order valence-electron chi connectivity index (χ2n) is 4.50. The number of phenolic OH excluding ortho intramolecular Hbond substituents is 1. The molecule has 1 N–H and O–H groups in total. The predicted molar refractivity (Wildman–Crippen MR) is 61.8 cm³/mol. The maximum atomic E-state index is 10.8. The molecule has 4 heteroatoms. The molecule has 0 radical (unpaired) electrons. The third-order valence-corrected chi connectivity index (χ3v) is 3.62. The number of hydrogen-bond acceptors (Lipinski definition) is 4. The summed E-state index contributed by atoms with van der Waals surface area (Å²) in [6.45, 7) is 1.90. The zero-order valence-electron chi connectivity index (χ0n) is 9.02. The highest BCUT2D eigenvalue weighted by atomic mass is 16.3.